The van der Waals surface area contributed by atoms with Crippen molar-refractivity contribution in [2.24, 2.45) is 5.90 Å². The zero-order chi connectivity index (χ0) is 10.7. The van der Waals surface area contributed by atoms with Crippen LogP contribution in [-0.4, -0.2) is 24.9 Å². The second kappa shape index (κ2) is 4.37. The normalized spacial score (nSPS) is 13.9. The van der Waals surface area contributed by atoms with E-state index in [9.17, 15) is 5.11 Å². The Kier molecular flexibility index (Phi) is 2.94. The summed E-state index contributed by atoms with van der Waals surface area (Å²) in [5, 5.41) is 9.86. The van der Waals surface area contributed by atoms with Crippen LogP contribution in [-0.2, 0) is 11.3 Å². The fourth-order valence-corrected chi connectivity index (χ4v) is 1.51. The largest absolute Gasteiger partial charge is 0.504 e. The van der Waals surface area contributed by atoms with Gasteiger partial charge in [-0.05, 0) is 6.07 Å². The molecule has 2 rings (SSSR count). The topological polar surface area (TPSA) is 73.9 Å². The lowest BCUT2D eigenvalue weighted by Gasteiger charge is -2.20. The number of phenolic OH excluding ortho intramolecular Hbond substituents is 1. The molecule has 0 saturated heterocycles. The second-order valence-corrected chi connectivity index (χ2v) is 3.22. The number of nitrogens with two attached hydrogens (primary N) is 1. The Labute approximate surface area is 87.3 Å². The first-order valence-corrected chi connectivity index (χ1v) is 4.75. The van der Waals surface area contributed by atoms with E-state index in [-0.39, 0.29) is 5.75 Å². The molecule has 1 aliphatic heterocycles. The number of fused-ring (bicyclic) bond motifs is 1. The molecule has 0 fully saturated rings. The van der Waals surface area contributed by atoms with Crippen LogP contribution in [0.5, 0.6) is 17.2 Å². The van der Waals surface area contributed by atoms with E-state index in [4.69, 9.17) is 15.4 Å². The van der Waals surface area contributed by atoms with Gasteiger partial charge in [0, 0.05) is 12.0 Å². The summed E-state index contributed by atoms with van der Waals surface area (Å²) in [6.45, 7) is 1.32. The summed E-state index contributed by atoms with van der Waals surface area (Å²) in [4.78, 5) is 4.46. The van der Waals surface area contributed by atoms with Crippen LogP contribution in [0.25, 0.3) is 0 Å². The Morgan fingerprint density at radius 3 is 2.93 bits per heavy atom. The molecule has 1 aromatic rings. The van der Waals surface area contributed by atoms with Crippen molar-refractivity contribution in [2.45, 2.75) is 6.42 Å². The van der Waals surface area contributed by atoms with E-state index in [0.717, 1.165) is 5.56 Å². The van der Waals surface area contributed by atoms with Gasteiger partial charge in [-0.25, -0.2) is 5.90 Å². The lowest BCUT2D eigenvalue weighted by Crippen LogP contribution is -2.15. The van der Waals surface area contributed by atoms with E-state index >= 15 is 0 Å². The number of ether oxygens (including phenoxy) is 2. The van der Waals surface area contributed by atoms with E-state index < -0.39 is 0 Å². The number of hydrogen-bond acceptors (Lipinski definition) is 5. The SMILES string of the molecule is NOCCc1ccc2c(c1O)OCCO2. The predicted molar refractivity (Wildman–Crippen MR) is 52.9 cm³/mol. The summed E-state index contributed by atoms with van der Waals surface area (Å²) in [5.41, 5.74) is 0.740. The molecule has 0 aromatic heterocycles. The summed E-state index contributed by atoms with van der Waals surface area (Å²) >= 11 is 0. The zero-order valence-corrected chi connectivity index (χ0v) is 8.23. The molecule has 1 heterocycles. The maximum atomic E-state index is 9.86. The van der Waals surface area contributed by atoms with Crippen molar-refractivity contribution in [3.8, 4) is 17.2 Å². The summed E-state index contributed by atoms with van der Waals surface area (Å²) < 4.78 is 10.7. The summed E-state index contributed by atoms with van der Waals surface area (Å²) in [5.74, 6) is 6.03. The Morgan fingerprint density at radius 1 is 1.33 bits per heavy atom. The molecule has 0 aliphatic carbocycles. The molecule has 0 atom stereocenters. The maximum Gasteiger partial charge on any atom is 0.203 e. The third kappa shape index (κ3) is 1.98. The first-order chi connectivity index (χ1) is 7.33. The van der Waals surface area contributed by atoms with Gasteiger partial charge in [0.1, 0.15) is 13.2 Å². The Hall–Kier alpha value is -1.46. The van der Waals surface area contributed by atoms with Crippen LogP contribution in [0.3, 0.4) is 0 Å². The van der Waals surface area contributed by atoms with E-state index in [1.54, 1.807) is 12.1 Å². The van der Waals surface area contributed by atoms with Gasteiger partial charge in [0.25, 0.3) is 0 Å². The molecule has 1 aliphatic rings. The molecule has 5 heteroatoms. The van der Waals surface area contributed by atoms with Crippen molar-refractivity contribution >= 4 is 0 Å². The van der Waals surface area contributed by atoms with Crippen LogP contribution < -0.4 is 15.4 Å². The standard InChI is InChI=1S/C10H13NO4/c11-15-4-3-7-1-2-8-10(9(7)12)14-6-5-13-8/h1-2,12H,3-6,11H2. The third-order valence-electron chi connectivity index (χ3n) is 2.26. The van der Waals surface area contributed by atoms with Crippen LogP contribution in [0.1, 0.15) is 5.56 Å². The Morgan fingerprint density at radius 2 is 2.13 bits per heavy atom. The van der Waals surface area contributed by atoms with Crippen molar-refractivity contribution in [2.75, 3.05) is 19.8 Å². The maximum absolute atomic E-state index is 9.86. The minimum Gasteiger partial charge on any atom is -0.504 e. The lowest BCUT2D eigenvalue weighted by molar-refractivity contribution is 0.139. The molecule has 1 aromatic carbocycles. The summed E-state index contributed by atoms with van der Waals surface area (Å²) in [6, 6.07) is 3.56. The van der Waals surface area contributed by atoms with E-state index in [1.807, 2.05) is 0 Å². The highest BCUT2D eigenvalue weighted by Crippen LogP contribution is 2.40. The Bertz CT molecular complexity index is 354. The number of phenols is 1. The molecule has 0 radical (unpaired) electrons. The highest BCUT2D eigenvalue weighted by molar-refractivity contribution is 5.55. The van der Waals surface area contributed by atoms with Gasteiger partial charge in [-0.15, -0.1) is 0 Å². The van der Waals surface area contributed by atoms with Crippen molar-refractivity contribution < 1.29 is 19.4 Å². The van der Waals surface area contributed by atoms with Gasteiger partial charge in [0.2, 0.25) is 5.75 Å². The van der Waals surface area contributed by atoms with Crippen LogP contribution >= 0.6 is 0 Å². The molecular weight excluding hydrogens is 198 g/mol. The molecule has 5 nitrogen and oxygen atoms in total. The molecule has 0 bridgehead atoms. The number of hydrogen-bond donors (Lipinski definition) is 2. The highest BCUT2D eigenvalue weighted by Gasteiger charge is 2.18. The first kappa shape index (κ1) is 10.1. The average molecular weight is 211 g/mol. The molecular formula is C10H13NO4. The molecule has 0 spiro atoms. The van der Waals surface area contributed by atoms with Crippen LogP contribution in [0.15, 0.2) is 12.1 Å². The van der Waals surface area contributed by atoms with Gasteiger partial charge in [-0.1, -0.05) is 6.07 Å². The van der Waals surface area contributed by atoms with Crippen molar-refractivity contribution in [1.82, 2.24) is 0 Å². The fourth-order valence-electron chi connectivity index (χ4n) is 1.51. The van der Waals surface area contributed by atoms with Crippen molar-refractivity contribution in [3.63, 3.8) is 0 Å². The predicted octanol–water partition coefficient (Wildman–Crippen LogP) is 0.596. The fraction of sp³-hybridized carbons (Fsp3) is 0.400. The van der Waals surface area contributed by atoms with Crippen LogP contribution in [0.4, 0.5) is 0 Å². The van der Waals surface area contributed by atoms with Gasteiger partial charge in [0.15, 0.2) is 11.5 Å². The van der Waals surface area contributed by atoms with Gasteiger partial charge in [-0.2, -0.15) is 0 Å². The first-order valence-electron chi connectivity index (χ1n) is 4.75. The smallest absolute Gasteiger partial charge is 0.203 e. The Balaban J connectivity index is 2.26. The monoisotopic (exact) mass is 211 g/mol. The van der Waals surface area contributed by atoms with E-state index in [1.165, 1.54) is 0 Å². The van der Waals surface area contributed by atoms with Gasteiger partial charge >= 0.3 is 0 Å². The summed E-state index contributed by atoms with van der Waals surface area (Å²) in [6.07, 6.45) is 0.541. The quantitative estimate of drug-likeness (QED) is 0.716. The number of rotatable bonds is 3. The molecule has 3 N–H and O–H groups in total. The molecule has 0 amide bonds. The summed E-state index contributed by atoms with van der Waals surface area (Å²) in [7, 11) is 0. The minimum atomic E-state index is 0.115. The van der Waals surface area contributed by atoms with E-state index in [2.05, 4.69) is 4.84 Å². The zero-order valence-electron chi connectivity index (χ0n) is 8.23. The van der Waals surface area contributed by atoms with Gasteiger partial charge in [0.05, 0.1) is 6.61 Å². The molecule has 0 saturated carbocycles. The van der Waals surface area contributed by atoms with Crippen LogP contribution in [0, 0.1) is 0 Å². The van der Waals surface area contributed by atoms with Gasteiger partial charge < -0.3 is 19.4 Å². The van der Waals surface area contributed by atoms with E-state index in [0.29, 0.717) is 37.7 Å². The molecule has 15 heavy (non-hydrogen) atoms. The number of aromatic hydroxyl groups is 1. The highest BCUT2D eigenvalue weighted by atomic mass is 16.6. The van der Waals surface area contributed by atoms with Gasteiger partial charge in [-0.3, -0.25) is 0 Å². The minimum absolute atomic E-state index is 0.115. The second-order valence-electron chi connectivity index (χ2n) is 3.22. The number of benzene rings is 1. The lowest BCUT2D eigenvalue weighted by atomic mass is 10.1. The van der Waals surface area contributed by atoms with Crippen LogP contribution in [0.2, 0.25) is 0 Å². The molecule has 0 unspecified atom stereocenters. The third-order valence-corrected chi connectivity index (χ3v) is 2.26. The van der Waals surface area contributed by atoms with Crippen molar-refractivity contribution in [3.05, 3.63) is 17.7 Å². The van der Waals surface area contributed by atoms with Crippen molar-refractivity contribution in [1.29, 1.82) is 0 Å². The molecule has 82 valence electrons. The average Bonchev–Trinajstić information content (AvgIpc) is 2.29.